The zero-order valence-electron chi connectivity index (χ0n) is 9.38. The summed E-state index contributed by atoms with van der Waals surface area (Å²) in [5.41, 5.74) is 2.21. The molecule has 1 N–H and O–H groups in total. The molecule has 1 aromatic heterocycles. The van der Waals surface area contributed by atoms with Crippen LogP contribution in [0.5, 0.6) is 0 Å². The summed E-state index contributed by atoms with van der Waals surface area (Å²) in [5, 5.41) is 2.69. The second kappa shape index (κ2) is 4.65. The third-order valence-electron chi connectivity index (χ3n) is 2.37. The number of benzene rings is 1. The smallest absolute Gasteiger partial charge is 0.221 e. The normalized spacial score (nSPS) is 9.94. The van der Waals surface area contributed by atoms with Crippen molar-refractivity contribution in [1.29, 1.82) is 0 Å². The van der Waals surface area contributed by atoms with Gasteiger partial charge in [-0.3, -0.25) is 9.59 Å². The summed E-state index contributed by atoms with van der Waals surface area (Å²) in [6.07, 6.45) is 2.62. The molecule has 0 unspecified atom stereocenters. The number of nitrogens with one attached hydrogen (secondary N) is 1. The van der Waals surface area contributed by atoms with Crippen molar-refractivity contribution < 1.29 is 9.59 Å². The molecular weight excluding hydrogens is 216 g/mol. The highest BCUT2D eigenvalue weighted by atomic mass is 16.1. The second-order valence-electron chi connectivity index (χ2n) is 3.65. The topological polar surface area (TPSA) is 51.1 Å². The van der Waals surface area contributed by atoms with Crippen molar-refractivity contribution in [2.75, 3.05) is 5.32 Å². The van der Waals surface area contributed by atoms with E-state index in [4.69, 9.17) is 0 Å². The van der Waals surface area contributed by atoms with Crippen molar-refractivity contribution in [3.05, 3.63) is 48.3 Å². The summed E-state index contributed by atoms with van der Waals surface area (Å²) in [6.45, 7) is 1.46. The number of amides is 1. The number of aromatic nitrogens is 1. The second-order valence-corrected chi connectivity index (χ2v) is 3.65. The molecule has 2 rings (SSSR count). The quantitative estimate of drug-likeness (QED) is 0.819. The molecule has 0 atom stereocenters. The van der Waals surface area contributed by atoms with E-state index >= 15 is 0 Å². The molecular formula is C13H12N2O2. The minimum absolute atomic E-state index is 0.104. The summed E-state index contributed by atoms with van der Waals surface area (Å²) in [4.78, 5) is 21.7. The van der Waals surface area contributed by atoms with Gasteiger partial charge in [-0.05, 0) is 36.4 Å². The first kappa shape index (κ1) is 11.1. The summed E-state index contributed by atoms with van der Waals surface area (Å²) >= 11 is 0. The van der Waals surface area contributed by atoms with E-state index in [2.05, 4.69) is 5.32 Å². The third kappa shape index (κ3) is 2.42. The standard InChI is InChI=1S/C13H12N2O2/c1-10(17)14-11-4-6-12(7-5-11)15-8-2-3-13(15)9-16/h2-9H,1H3,(H,14,17). The molecule has 0 radical (unpaired) electrons. The first-order valence-corrected chi connectivity index (χ1v) is 5.21. The molecule has 4 heteroatoms. The first-order valence-electron chi connectivity index (χ1n) is 5.21. The van der Waals surface area contributed by atoms with Gasteiger partial charge in [-0.25, -0.2) is 0 Å². The molecule has 0 fully saturated rings. The minimum atomic E-state index is -0.104. The Morgan fingerprint density at radius 2 is 1.94 bits per heavy atom. The zero-order valence-corrected chi connectivity index (χ0v) is 9.38. The van der Waals surface area contributed by atoms with Crippen LogP contribution >= 0.6 is 0 Å². The maximum atomic E-state index is 10.9. The van der Waals surface area contributed by atoms with Crippen molar-refractivity contribution in [1.82, 2.24) is 4.57 Å². The molecule has 0 spiro atoms. The van der Waals surface area contributed by atoms with E-state index in [0.717, 1.165) is 17.7 Å². The molecule has 0 aliphatic heterocycles. The Hall–Kier alpha value is -2.36. The first-order chi connectivity index (χ1) is 8.20. The number of nitrogens with zero attached hydrogens (tertiary/aromatic N) is 1. The molecule has 1 aromatic carbocycles. The van der Waals surface area contributed by atoms with Crippen LogP contribution in [0.4, 0.5) is 5.69 Å². The van der Waals surface area contributed by atoms with E-state index < -0.39 is 0 Å². The van der Waals surface area contributed by atoms with E-state index in [1.54, 1.807) is 22.8 Å². The lowest BCUT2D eigenvalue weighted by molar-refractivity contribution is -0.114. The minimum Gasteiger partial charge on any atom is -0.326 e. The van der Waals surface area contributed by atoms with Crippen molar-refractivity contribution in [2.24, 2.45) is 0 Å². The lowest BCUT2D eigenvalue weighted by atomic mass is 10.2. The van der Waals surface area contributed by atoms with Gasteiger partial charge in [0.15, 0.2) is 6.29 Å². The maximum Gasteiger partial charge on any atom is 0.221 e. The fourth-order valence-corrected chi connectivity index (χ4v) is 1.63. The van der Waals surface area contributed by atoms with Crippen molar-refractivity contribution >= 4 is 17.9 Å². The number of anilines is 1. The van der Waals surface area contributed by atoms with Crippen LogP contribution in [0.25, 0.3) is 5.69 Å². The van der Waals surface area contributed by atoms with Gasteiger partial charge in [0, 0.05) is 24.5 Å². The lowest BCUT2D eigenvalue weighted by Gasteiger charge is -2.07. The number of carbonyl (C=O) groups excluding carboxylic acids is 2. The van der Waals surface area contributed by atoms with Gasteiger partial charge in [-0.15, -0.1) is 0 Å². The molecule has 17 heavy (non-hydrogen) atoms. The average molecular weight is 228 g/mol. The molecule has 0 aliphatic rings. The monoisotopic (exact) mass is 228 g/mol. The van der Waals surface area contributed by atoms with Gasteiger partial charge in [0.1, 0.15) is 0 Å². The molecule has 0 saturated heterocycles. The average Bonchev–Trinajstić information content (AvgIpc) is 2.77. The Morgan fingerprint density at radius 3 is 2.53 bits per heavy atom. The molecule has 1 amide bonds. The summed E-state index contributed by atoms with van der Waals surface area (Å²) in [6, 6.07) is 10.8. The fourth-order valence-electron chi connectivity index (χ4n) is 1.63. The third-order valence-corrected chi connectivity index (χ3v) is 2.37. The molecule has 0 aliphatic carbocycles. The van der Waals surface area contributed by atoms with Gasteiger partial charge < -0.3 is 9.88 Å². The van der Waals surface area contributed by atoms with Crippen LogP contribution in [-0.2, 0) is 4.79 Å². The van der Waals surface area contributed by atoms with Crippen molar-refractivity contribution in [2.45, 2.75) is 6.92 Å². The Balaban J connectivity index is 2.29. The molecule has 0 bridgehead atoms. The molecule has 4 nitrogen and oxygen atoms in total. The van der Waals surface area contributed by atoms with E-state index in [-0.39, 0.29) is 5.91 Å². The SMILES string of the molecule is CC(=O)Nc1ccc(-n2cccc2C=O)cc1. The highest BCUT2D eigenvalue weighted by Crippen LogP contribution is 2.15. The predicted octanol–water partition coefficient (Wildman–Crippen LogP) is 2.25. The van der Waals surface area contributed by atoms with Gasteiger partial charge in [0.05, 0.1) is 5.69 Å². The Morgan fingerprint density at radius 1 is 1.24 bits per heavy atom. The number of rotatable bonds is 3. The highest BCUT2D eigenvalue weighted by Gasteiger charge is 2.02. The van der Waals surface area contributed by atoms with Gasteiger partial charge in [-0.2, -0.15) is 0 Å². The Labute approximate surface area is 98.9 Å². The van der Waals surface area contributed by atoms with Crippen LogP contribution in [0.1, 0.15) is 17.4 Å². The van der Waals surface area contributed by atoms with Gasteiger partial charge in [-0.1, -0.05) is 0 Å². The van der Waals surface area contributed by atoms with Gasteiger partial charge in [0.25, 0.3) is 0 Å². The summed E-state index contributed by atoms with van der Waals surface area (Å²) in [5.74, 6) is -0.104. The van der Waals surface area contributed by atoms with Crippen molar-refractivity contribution in [3.8, 4) is 5.69 Å². The van der Waals surface area contributed by atoms with Crippen LogP contribution in [0.3, 0.4) is 0 Å². The van der Waals surface area contributed by atoms with Crippen molar-refractivity contribution in [3.63, 3.8) is 0 Å². The Kier molecular flexibility index (Phi) is 3.05. The fraction of sp³-hybridized carbons (Fsp3) is 0.0769. The highest BCUT2D eigenvalue weighted by molar-refractivity contribution is 5.88. The lowest BCUT2D eigenvalue weighted by Crippen LogP contribution is -2.05. The largest absolute Gasteiger partial charge is 0.326 e. The van der Waals surface area contributed by atoms with Crippen LogP contribution in [0.15, 0.2) is 42.6 Å². The van der Waals surface area contributed by atoms with Crippen LogP contribution < -0.4 is 5.32 Å². The van der Waals surface area contributed by atoms with E-state index in [1.807, 2.05) is 24.4 Å². The van der Waals surface area contributed by atoms with E-state index in [0.29, 0.717) is 5.69 Å². The number of carbonyl (C=O) groups is 2. The predicted molar refractivity (Wildman–Crippen MR) is 65.5 cm³/mol. The van der Waals surface area contributed by atoms with Crippen LogP contribution in [0.2, 0.25) is 0 Å². The van der Waals surface area contributed by atoms with Crippen LogP contribution in [0, 0.1) is 0 Å². The number of hydrogen-bond acceptors (Lipinski definition) is 2. The van der Waals surface area contributed by atoms with E-state index in [1.165, 1.54) is 6.92 Å². The number of aldehydes is 1. The van der Waals surface area contributed by atoms with Gasteiger partial charge >= 0.3 is 0 Å². The molecule has 86 valence electrons. The summed E-state index contributed by atoms with van der Waals surface area (Å²) in [7, 11) is 0. The van der Waals surface area contributed by atoms with Gasteiger partial charge in [0.2, 0.25) is 5.91 Å². The Bertz CT molecular complexity index is 541. The molecule has 1 heterocycles. The molecule has 2 aromatic rings. The number of hydrogen-bond donors (Lipinski definition) is 1. The van der Waals surface area contributed by atoms with Crippen LogP contribution in [-0.4, -0.2) is 16.8 Å². The van der Waals surface area contributed by atoms with E-state index in [9.17, 15) is 9.59 Å². The zero-order chi connectivity index (χ0) is 12.3. The summed E-state index contributed by atoms with van der Waals surface area (Å²) < 4.78 is 1.78. The maximum absolute atomic E-state index is 10.9. The molecule has 0 saturated carbocycles.